The fraction of sp³-hybridized carbons (Fsp3) is 0.471. The second-order valence-electron chi connectivity index (χ2n) is 7.31. The Morgan fingerprint density at radius 3 is 2.61 bits per heavy atom. The molecule has 0 spiro atoms. The molecular weight excluding hydrogens is 312 g/mol. The third-order valence-electron chi connectivity index (χ3n) is 4.30. The molecule has 6 heteroatoms. The van der Waals surface area contributed by atoms with Crippen molar-refractivity contribution in [2.24, 2.45) is 0 Å². The lowest BCUT2D eigenvalue weighted by Crippen LogP contribution is -2.35. The molecule has 1 fully saturated rings. The lowest BCUT2D eigenvalue weighted by molar-refractivity contribution is 0.0937. The Labute approximate surface area is 136 Å². The van der Waals surface area contributed by atoms with Gasteiger partial charge in [0, 0.05) is 16.9 Å². The molecule has 2 N–H and O–H groups in total. The number of carbonyl (C=O) groups is 1. The van der Waals surface area contributed by atoms with Crippen molar-refractivity contribution in [3.05, 3.63) is 35.5 Å². The maximum absolute atomic E-state index is 12.3. The number of aromatic amines is 1. The predicted octanol–water partition coefficient (Wildman–Crippen LogP) is 2.38. The molecule has 0 radical (unpaired) electrons. The largest absolute Gasteiger partial charge is 0.351 e. The molecule has 0 aliphatic carbocycles. The van der Waals surface area contributed by atoms with Crippen molar-refractivity contribution in [2.75, 3.05) is 11.5 Å². The Bertz CT molecular complexity index is 860. The van der Waals surface area contributed by atoms with Crippen LogP contribution in [0.15, 0.2) is 24.3 Å². The van der Waals surface area contributed by atoms with Crippen molar-refractivity contribution >= 4 is 26.6 Å². The van der Waals surface area contributed by atoms with Crippen LogP contribution in [0.5, 0.6) is 0 Å². The molecule has 1 saturated heterocycles. The number of amides is 1. The topological polar surface area (TPSA) is 79.0 Å². The van der Waals surface area contributed by atoms with Gasteiger partial charge < -0.3 is 10.3 Å². The zero-order valence-electron chi connectivity index (χ0n) is 13.6. The number of aromatic nitrogens is 1. The highest BCUT2D eigenvalue weighted by Crippen LogP contribution is 2.26. The minimum atomic E-state index is -2.99. The number of sulfone groups is 1. The third kappa shape index (κ3) is 3.42. The van der Waals surface area contributed by atoms with E-state index < -0.39 is 9.84 Å². The highest BCUT2D eigenvalue weighted by atomic mass is 32.2. The van der Waals surface area contributed by atoms with Crippen LogP contribution in [0.25, 0.3) is 10.9 Å². The van der Waals surface area contributed by atoms with Gasteiger partial charge in [0.25, 0.3) is 5.91 Å². The minimum absolute atomic E-state index is 0.0349. The van der Waals surface area contributed by atoms with Crippen LogP contribution in [0.2, 0.25) is 0 Å². The van der Waals surface area contributed by atoms with E-state index >= 15 is 0 Å². The summed E-state index contributed by atoms with van der Waals surface area (Å²) in [7, 11) is -2.99. The molecule has 1 aliphatic heterocycles. The summed E-state index contributed by atoms with van der Waals surface area (Å²) < 4.78 is 22.9. The summed E-state index contributed by atoms with van der Waals surface area (Å²) in [6.07, 6.45) is 0.489. The monoisotopic (exact) mass is 334 g/mol. The summed E-state index contributed by atoms with van der Waals surface area (Å²) in [5.41, 5.74) is 2.62. The summed E-state index contributed by atoms with van der Waals surface area (Å²) in [6, 6.07) is 7.65. The summed E-state index contributed by atoms with van der Waals surface area (Å²) in [6.45, 7) is 6.43. The predicted molar refractivity (Wildman–Crippen MR) is 91.5 cm³/mol. The van der Waals surface area contributed by atoms with Gasteiger partial charge in [-0.05, 0) is 29.5 Å². The maximum atomic E-state index is 12.3. The zero-order chi connectivity index (χ0) is 16.8. The molecule has 2 aromatic rings. The lowest BCUT2D eigenvalue weighted by atomic mass is 9.87. The first-order chi connectivity index (χ1) is 10.6. The molecule has 1 aromatic heterocycles. The van der Waals surface area contributed by atoms with Gasteiger partial charge in [-0.1, -0.05) is 32.9 Å². The van der Waals surface area contributed by atoms with Gasteiger partial charge in [-0.25, -0.2) is 8.42 Å². The SMILES string of the molecule is CC(C)(C)c1ccc2cc(C(=O)N[C@H]3CCS(=O)(=O)C3)[nH]c2c1. The number of benzene rings is 1. The van der Waals surface area contributed by atoms with E-state index in [1.807, 2.05) is 6.07 Å². The van der Waals surface area contributed by atoms with E-state index in [0.29, 0.717) is 12.1 Å². The van der Waals surface area contributed by atoms with E-state index in [-0.39, 0.29) is 28.9 Å². The maximum Gasteiger partial charge on any atom is 0.267 e. The zero-order valence-corrected chi connectivity index (χ0v) is 14.5. The van der Waals surface area contributed by atoms with Crippen molar-refractivity contribution < 1.29 is 13.2 Å². The summed E-state index contributed by atoms with van der Waals surface area (Å²) >= 11 is 0. The molecule has 1 aliphatic rings. The molecule has 23 heavy (non-hydrogen) atoms. The van der Waals surface area contributed by atoms with E-state index in [9.17, 15) is 13.2 Å². The Kier molecular flexibility index (Phi) is 3.75. The molecule has 1 atom stereocenters. The molecule has 1 amide bonds. The van der Waals surface area contributed by atoms with Crippen molar-refractivity contribution in [1.82, 2.24) is 10.3 Å². The number of hydrogen-bond donors (Lipinski definition) is 2. The first kappa shape index (κ1) is 16.1. The Morgan fingerprint density at radius 1 is 1.26 bits per heavy atom. The van der Waals surface area contributed by atoms with Gasteiger partial charge in [0.05, 0.1) is 11.5 Å². The first-order valence-electron chi connectivity index (χ1n) is 7.79. The standard InChI is InChI=1S/C17H22N2O3S/c1-17(2,3)12-5-4-11-8-15(19-14(11)9-12)16(20)18-13-6-7-23(21,22)10-13/h4-5,8-9,13,19H,6-7,10H2,1-3H3,(H,18,20)/t13-/m0/s1. The summed E-state index contributed by atoms with van der Waals surface area (Å²) in [4.78, 5) is 15.5. The van der Waals surface area contributed by atoms with Crippen LogP contribution in [0.1, 0.15) is 43.2 Å². The van der Waals surface area contributed by atoms with Crippen molar-refractivity contribution in [3.63, 3.8) is 0 Å². The second kappa shape index (κ2) is 5.37. The van der Waals surface area contributed by atoms with Crippen LogP contribution in [-0.2, 0) is 15.3 Å². The van der Waals surface area contributed by atoms with Crippen molar-refractivity contribution in [2.45, 2.75) is 38.6 Å². The number of rotatable bonds is 2. The summed E-state index contributed by atoms with van der Waals surface area (Å²) in [5, 5.41) is 3.78. The van der Waals surface area contributed by atoms with Gasteiger partial charge in [0.1, 0.15) is 5.69 Å². The highest BCUT2D eigenvalue weighted by Gasteiger charge is 2.29. The molecule has 0 unspecified atom stereocenters. The van der Waals surface area contributed by atoms with Gasteiger partial charge in [0.2, 0.25) is 0 Å². The molecule has 5 nitrogen and oxygen atoms in total. The van der Waals surface area contributed by atoms with Gasteiger partial charge >= 0.3 is 0 Å². The fourth-order valence-electron chi connectivity index (χ4n) is 2.89. The van der Waals surface area contributed by atoms with Crippen LogP contribution in [0.3, 0.4) is 0 Å². The highest BCUT2D eigenvalue weighted by molar-refractivity contribution is 7.91. The van der Waals surface area contributed by atoms with Crippen molar-refractivity contribution in [3.8, 4) is 0 Å². The molecule has 3 rings (SSSR count). The second-order valence-corrected chi connectivity index (χ2v) is 9.54. The Morgan fingerprint density at radius 2 is 2.00 bits per heavy atom. The summed E-state index contributed by atoms with van der Waals surface area (Å²) in [5.74, 6) is -0.0622. The molecule has 2 heterocycles. The van der Waals surface area contributed by atoms with Crippen LogP contribution in [-0.4, -0.2) is 36.9 Å². The number of carbonyl (C=O) groups excluding carboxylic acids is 1. The van der Waals surface area contributed by atoms with Gasteiger partial charge in [-0.2, -0.15) is 0 Å². The van der Waals surface area contributed by atoms with E-state index in [2.05, 4.69) is 43.2 Å². The molecule has 0 bridgehead atoms. The van der Waals surface area contributed by atoms with Crippen LogP contribution >= 0.6 is 0 Å². The molecule has 0 saturated carbocycles. The molecule has 124 valence electrons. The van der Waals surface area contributed by atoms with E-state index in [1.54, 1.807) is 6.07 Å². The molecule has 1 aromatic carbocycles. The number of H-pyrrole nitrogens is 1. The Hall–Kier alpha value is -1.82. The normalized spacial score (nSPS) is 20.7. The lowest BCUT2D eigenvalue weighted by Gasteiger charge is -2.18. The minimum Gasteiger partial charge on any atom is -0.351 e. The number of nitrogens with one attached hydrogen (secondary N) is 2. The number of fused-ring (bicyclic) bond motifs is 1. The van der Waals surface area contributed by atoms with Gasteiger partial charge in [0.15, 0.2) is 9.84 Å². The van der Waals surface area contributed by atoms with E-state index in [4.69, 9.17) is 0 Å². The fourth-order valence-corrected chi connectivity index (χ4v) is 4.56. The average molecular weight is 334 g/mol. The van der Waals surface area contributed by atoms with E-state index in [0.717, 1.165) is 10.9 Å². The van der Waals surface area contributed by atoms with E-state index in [1.165, 1.54) is 5.56 Å². The smallest absolute Gasteiger partial charge is 0.267 e. The quantitative estimate of drug-likeness (QED) is 0.885. The van der Waals surface area contributed by atoms with Gasteiger partial charge in [-0.15, -0.1) is 0 Å². The van der Waals surface area contributed by atoms with Gasteiger partial charge in [-0.3, -0.25) is 4.79 Å². The number of hydrogen-bond acceptors (Lipinski definition) is 3. The first-order valence-corrected chi connectivity index (χ1v) is 9.61. The van der Waals surface area contributed by atoms with Crippen molar-refractivity contribution in [1.29, 1.82) is 0 Å². The molecular formula is C17H22N2O3S. The van der Waals surface area contributed by atoms with Crippen LogP contribution in [0.4, 0.5) is 0 Å². The van der Waals surface area contributed by atoms with Crippen LogP contribution < -0.4 is 5.32 Å². The Balaban J connectivity index is 1.81. The van der Waals surface area contributed by atoms with Crippen LogP contribution in [0, 0.1) is 0 Å². The third-order valence-corrected chi connectivity index (χ3v) is 6.07. The average Bonchev–Trinajstić information content (AvgIpc) is 3.00.